The van der Waals surface area contributed by atoms with Gasteiger partial charge in [0.25, 0.3) is 11.5 Å². The summed E-state index contributed by atoms with van der Waals surface area (Å²) in [6, 6.07) is 9.78. The van der Waals surface area contributed by atoms with E-state index in [0.717, 1.165) is 15.5 Å². The maximum absolute atomic E-state index is 12.4. The first kappa shape index (κ1) is 14.6. The van der Waals surface area contributed by atoms with Gasteiger partial charge < -0.3 is 20.0 Å². The highest BCUT2D eigenvalue weighted by molar-refractivity contribution is 6.12. The van der Waals surface area contributed by atoms with Crippen LogP contribution < -0.4 is 10.9 Å². The number of rotatable bonds is 4. The largest absolute Gasteiger partial charge is 0.480 e. The molecule has 0 spiro atoms. The number of carbonyl (C=O) groups is 2. The number of carbonyl (C=O) groups excluding carboxylic acids is 1. The molecule has 3 N–H and O–H groups in total. The normalized spacial score (nSPS) is 10.6. The third-order valence-electron chi connectivity index (χ3n) is 3.39. The summed E-state index contributed by atoms with van der Waals surface area (Å²) in [5.74, 6) is -1.47. The number of aliphatic carboxylic acids is 1. The molecule has 7 nitrogen and oxygen atoms in total. The van der Waals surface area contributed by atoms with Gasteiger partial charge in [-0.05, 0) is 24.3 Å². The van der Waals surface area contributed by atoms with Crippen LogP contribution in [0.3, 0.4) is 0 Å². The van der Waals surface area contributed by atoms with E-state index < -0.39 is 18.1 Å². The quantitative estimate of drug-likeness (QED) is 0.681. The Kier molecular flexibility index (Phi) is 3.68. The number of carboxylic acids is 1. The lowest BCUT2D eigenvalue weighted by atomic mass is 10.1. The Morgan fingerprint density at radius 2 is 2.00 bits per heavy atom. The minimum absolute atomic E-state index is 0.337. The molecule has 1 amide bonds. The van der Waals surface area contributed by atoms with Crippen molar-refractivity contribution in [3.05, 3.63) is 64.7 Å². The van der Waals surface area contributed by atoms with Crippen molar-refractivity contribution in [2.24, 2.45) is 0 Å². The van der Waals surface area contributed by atoms with Gasteiger partial charge in [-0.2, -0.15) is 0 Å². The summed E-state index contributed by atoms with van der Waals surface area (Å²) in [7, 11) is 0. The molecule has 1 aromatic carbocycles. The molecule has 0 aliphatic carbocycles. The highest BCUT2D eigenvalue weighted by Crippen LogP contribution is 2.18. The summed E-state index contributed by atoms with van der Waals surface area (Å²) in [4.78, 5) is 37.8. The van der Waals surface area contributed by atoms with Crippen molar-refractivity contribution in [1.29, 1.82) is 0 Å². The monoisotopic (exact) mass is 311 g/mol. The van der Waals surface area contributed by atoms with Crippen LogP contribution in [0.5, 0.6) is 0 Å². The van der Waals surface area contributed by atoms with E-state index in [9.17, 15) is 14.4 Å². The molecule has 7 heteroatoms. The Hall–Kier alpha value is -3.35. The zero-order valence-electron chi connectivity index (χ0n) is 11.9. The number of nitrogens with one attached hydrogen (secondary N) is 2. The van der Waals surface area contributed by atoms with E-state index in [1.807, 2.05) is 6.07 Å². The van der Waals surface area contributed by atoms with Crippen molar-refractivity contribution in [2.45, 2.75) is 6.54 Å². The molecule has 116 valence electrons. The maximum Gasteiger partial charge on any atom is 0.323 e. The molecular weight excluding hydrogens is 298 g/mol. The van der Waals surface area contributed by atoms with Crippen molar-refractivity contribution < 1.29 is 14.7 Å². The van der Waals surface area contributed by atoms with Gasteiger partial charge in [-0.3, -0.25) is 14.4 Å². The minimum Gasteiger partial charge on any atom is -0.480 e. The molecule has 0 bridgehead atoms. The Labute approximate surface area is 130 Å². The first-order chi connectivity index (χ1) is 11.0. The predicted octanol–water partition coefficient (Wildman–Crippen LogP) is 1.67. The van der Waals surface area contributed by atoms with E-state index in [2.05, 4.69) is 10.3 Å². The Bertz CT molecular complexity index is 955. The summed E-state index contributed by atoms with van der Waals surface area (Å²) in [6.07, 6.45) is 3.06. The Morgan fingerprint density at radius 3 is 2.78 bits per heavy atom. The van der Waals surface area contributed by atoms with Crippen molar-refractivity contribution in [3.63, 3.8) is 0 Å². The number of hydrogen-bond acceptors (Lipinski definition) is 3. The molecule has 2 aromatic heterocycles. The first-order valence-corrected chi connectivity index (χ1v) is 6.84. The fraction of sp³-hybridized carbons (Fsp3) is 0.0625. The molecule has 0 fully saturated rings. The second kappa shape index (κ2) is 5.80. The van der Waals surface area contributed by atoms with Crippen LogP contribution in [0.2, 0.25) is 0 Å². The molecule has 23 heavy (non-hydrogen) atoms. The molecule has 3 aromatic rings. The van der Waals surface area contributed by atoms with Crippen LogP contribution in [0.25, 0.3) is 10.9 Å². The Balaban J connectivity index is 1.90. The third-order valence-corrected chi connectivity index (χ3v) is 3.39. The maximum atomic E-state index is 12.4. The number of carboxylic acid groups (broad SMARTS) is 1. The van der Waals surface area contributed by atoms with Crippen LogP contribution in [0, 0.1) is 0 Å². The second-order valence-corrected chi connectivity index (χ2v) is 4.98. The highest BCUT2D eigenvalue weighted by Gasteiger charge is 2.11. The summed E-state index contributed by atoms with van der Waals surface area (Å²) < 4.78 is 1.02. The number of amides is 1. The number of nitrogens with zero attached hydrogens (tertiary/aromatic N) is 1. The van der Waals surface area contributed by atoms with E-state index in [4.69, 9.17) is 5.11 Å². The Morgan fingerprint density at radius 1 is 1.17 bits per heavy atom. The van der Waals surface area contributed by atoms with Gasteiger partial charge in [0.05, 0.1) is 5.69 Å². The summed E-state index contributed by atoms with van der Waals surface area (Å²) in [5.41, 5.74) is 1.23. The zero-order valence-corrected chi connectivity index (χ0v) is 11.9. The number of aromatic amines is 1. The van der Waals surface area contributed by atoms with Crippen LogP contribution in [-0.4, -0.2) is 26.5 Å². The fourth-order valence-electron chi connectivity index (χ4n) is 2.36. The molecule has 3 rings (SSSR count). The number of H-pyrrole nitrogens is 1. The number of fused-ring (bicyclic) bond motifs is 1. The molecule has 0 unspecified atom stereocenters. The van der Waals surface area contributed by atoms with E-state index in [0.29, 0.717) is 11.3 Å². The lowest BCUT2D eigenvalue weighted by Crippen LogP contribution is -2.24. The number of pyridine rings is 1. The zero-order chi connectivity index (χ0) is 16.4. The molecule has 0 aliphatic heterocycles. The summed E-state index contributed by atoms with van der Waals surface area (Å²) >= 11 is 0. The third kappa shape index (κ3) is 2.98. The molecule has 0 radical (unpaired) electrons. The predicted molar refractivity (Wildman–Crippen MR) is 84.6 cm³/mol. The summed E-state index contributed by atoms with van der Waals surface area (Å²) in [6.45, 7) is -0.462. The van der Waals surface area contributed by atoms with Crippen molar-refractivity contribution in [3.8, 4) is 0 Å². The molecule has 0 aliphatic rings. The SMILES string of the molecule is O=C(O)Cn1cc(NC(=O)c2cccc3[nH]ccc23)ccc1=O. The van der Waals surface area contributed by atoms with Crippen LogP contribution in [0.15, 0.2) is 53.6 Å². The topological polar surface area (TPSA) is 104 Å². The van der Waals surface area contributed by atoms with E-state index in [-0.39, 0.29) is 5.91 Å². The van der Waals surface area contributed by atoms with Gasteiger partial charge in [-0.15, -0.1) is 0 Å². The number of benzene rings is 1. The van der Waals surface area contributed by atoms with Crippen molar-refractivity contribution >= 4 is 28.5 Å². The van der Waals surface area contributed by atoms with E-state index in [1.54, 1.807) is 24.4 Å². The fourth-order valence-corrected chi connectivity index (χ4v) is 2.36. The van der Waals surface area contributed by atoms with Crippen LogP contribution in [0.4, 0.5) is 5.69 Å². The lowest BCUT2D eigenvalue weighted by molar-refractivity contribution is -0.137. The van der Waals surface area contributed by atoms with Gasteiger partial charge in [-0.1, -0.05) is 6.07 Å². The average Bonchev–Trinajstić information content (AvgIpc) is 2.98. The smallest absolute Gasteiger partial charge is 0.323 e. The average molecular weight is 311 g/mol. The van der Waals surface area contributed by atoms with Gasteiger partial charge in [-0.25, -0.2) is 0 Å². The van der Waals surface area contributed by atoms with Gasteiger partial charge in [0.15, 0.2) is 0 Å². The van der Waals surface area contributed by atoms with Crippen LogP contribution in [0.1, 0.15) is 10.4 Å². The summed E-state index contributed by atoms with van der Waals surface area (Å²) in [5, 5.41) is 12.2. The molecule has 0 saturated carbocycles. The van der Waals surface area contributed by atoms with Crippen LogP contribution >= 0.6 is 0 Å². The van der Waals surface area contributed by atoms with Gasteiger partial charge >= 0.3 is 5.97 Å². The minimum atomic E-state index is -1.13. The highest BCUT2D eigenvalue weighted by atomic mass is 16.4. The van der Waals surface area contributed by atoms with E-state index in [1.165, 1.54) is 18.3 Å². The molecule has 0 atom stereocenters. The first-order valence-electron chi connectivity index (χ1n) is 6.84. The second-order valence-electron chi connectivity index (χ2n) is 4.98. The van der Waals surface area contributed by atoms with Crippen molar-refractivity contribution in [2.75, 3.05) is 5.32 Å². The lowest BCUT2D eigenvalue weighted by Gasteiger charge is -2.08. The number of hydrogen-bond donors (Lipinski definition) is 3. The van der Waals surface area contributed by atoms with Crippen LogP contribution in [-0.2, 0) is 11.3 Å². The molecule has 0 saturated heterocycles. The standard InChI is InChI=1S/C16H13N3O4/c20-14-5-4-10(8-19(14)9-15(21)22)18-16(23)12-2-1-3-13-11(12)6-7-17-13/h1-8,17H,9H2,(H,18,23)(H,21,22). The molecule has 2 heterocycles. The number of aromatic nitrogens is 2. The van der Waals surface area contributed by atoms with E-state index >= 15 is 0 Å². The van der Waals surface area contributed by atoms with Crippen molar-refractivity contribution in [1.82, 2.24) is 9.55 Å². The van der Waals surface area contributed by atoms with Gasteiger partial charge in [0.1, 0.15) is 6.54 Å². The number of anilines is 1. The van der Waals surface area contributed by atoms with Gasteiger partial charge in [0.2, 0.25) is 0 Å². The molecular formula is C16H13N3O4. The van der Waals surface area contributed by atoms with Gasteiger partial charge in [0, 0.05) is 34.9 Å².